The number of carbonyl (C=O) groups excluding carboxylic acids is 1. The van der Waals surface area contributed by atoms with Crippen molar-refractivity contribution in [1.82, 2.24) is 0 Å². The average Bonchev–Trinajstić information content (AvgIpc) is 3.44. The SMILES string of the molecule is CC1CCC(COOC2COC3C(OC(=O)C4CCC(C5CCC(C)CC5)CC4)COC23)CC1. The highest BCUT2D eigenvalue weighted by molar-refractivity contribution is 5.72. The molecule has 2 aliphatic heterocycles. The lowest BCUT2D eigenvalue weighted by Crippen LogP contribution is -2.37. The fourth-order valence-corrected chi connectivity index (χ4v) is 7.16. The van der Waals surface area contributed by atoms with Gasteiger partial charge in [0.05, 0.1) is 25.7 Å². The molecule has 5 rings (SSSR count). The molecule has 0 N–H and O–H groups in total. The van der Waals surface area contributed by atoms with Crippen molar-refractivity contribution in [3.05, 3.63) is 0 Å². The second-order valence-electron chi connectivity index (χ2n) is 12.2. The fourth-order valence-electron chi connectivity index (χ4n) is 7.16. The summed E-state index contributed by atoms with van der Waals surface area (Å²) in [4.78, 5) is 24.2. The maximum absolute atomic E-state index is 12.9. The largest absolute Gasteiger partial charge is 0.457 e. The van der Waals surface area contributed by atoms with Crippen LogP contribution >= 0.6 is 0 Å². The average molecular weight is 479 g/mol. The van der Waals surface area contributed by atoms with E-state index in [0.29, 0.717) is 25.7 Å². The summed E-state index contributed by atoms with van der Waals surface area (Å²) in [5.41, 5.74) is 0. The summed E-state index contributed by atoms with van der Waals surface area (Å²) in [6.07, 6.45) is 13.8. The lowest BCUT2D eigenvalue weighted by Gasteiger charge is -2.36. The Balaban J connectivity index is 1.01. The van der Waals surface area contributed by atoms with Gasteiger partial charge >= 0.3 is 5.97 Å². The van der Waals surface area contributed by atoms with Crippen molar-refractivity contribution in [2.45, 2.75) is 115 Å². The molecule has 6 heteroatoms. The fraction of sp³-hybridized carbons (Fsp3) is 0.964. The number of fused-ring (bicyclic) bond motifs is 1. The summed E-state index contributed by atoms with van der Waals surface area (Å²) in [7, 11) is 0. The van der Waals surface area contributed by atoms with Crippen molar-refractivity contribution < 1.29 is 28.8 Å². The number of ether oxygens (including phenoxy) is 3. The third kappa shape index (κ3) is 5.99. The van der Waals surface area contributed by atoms with Gasteiger partial charge in [-0.25, -0.2) is 9.78 Å². The van der Waals surface area contributed by atoms with Gasteiger partial charge in [-0.15, -0.1) is 0 Å². The molecule has 194 valence electrons. The number of carbonyl (C=O) groups is 1. The van der Waals surface area contributed by atoms with E-state index < -0.39 is 0 Å². The molecule has 0 radical (unpaired) electrons. The molecule has 2 saturated heterocycles. The summed E-state index contributed by atoms with van der Waals surface area (Å²) in [5, 5.41) is 0. The van der Waals surface area contributed by atoms with Crippen molar-refractivity contribution in [2.75, 3.05) is 19.8 Å². The molecule has 0 aromatic heterocycles. The van der Waals surface area contributed by atoms with E-state index in [9.17, 15) is 4.79 Å². The van der Waals surface area contributed by atoms with Gasteiger partial charge < -0.3 is 14.2 Å². The zero-order chi connectivity index (χ0) is 23.5. The molecule has 3 saturated carbocycles. The van der Waals surface area contributed by atoms with Gasteiger partial charge in [-0.2, -0.15) is 0 Å². The van der Waals surface area contributed by atoms with Crippen LogP contribution in [0.2, 0.25) is 0 Å². The van der Waals surface area contributed by atoms with E-state index in [0.717, 1.165) is 36.5 Å². The predicted octanol–water partition coefficient (Wildman–Crippen LogP) is 5.47. The molecule has 0 aromatic rings. The zero-order valence-corrected chi connectivity index (χ0v) is 21.3. The van der Waals surface area contributed by atoms with Gasteiger partial charge in [-0.05, 0) is 81.0 Å². The molecule has 5 aliphatic rings. The van der Waals surface area contributed by atoms with Gasteiger partial charge in [0.15, 0.2) is 6.10 Å². The minimum atomic E-state index is -0.330. The summed E-state index contributed by atoms with van der Waals surface area (Å²) >= 11 is 0. The number of esters is 1. The van der Waals surface area contributed by atoms with Gasteiger partial charge in [0, 0.05) is 0 Å². The monoisotopic (exact) mass is 478 g/mol. The Morgan fingerprint density at radius 3 is 1.88 bits per heavy atom. The van der Waals surface area contributed by atoms with Gasteiger partial charge in [-0.1, -0.05) is 39.5 Å². The first kappa shape index (κ1) is 25.0. The van der Waals surface area contributed by atoms with Crippen LogP contribution in [0.3, 0.4) is 0 Å². The highest BCUT2D eigenvalue weighted by atomic mass is 17.2. The molecule has 0 spiro atoms. The van der Waals surface area contributed by atoms with Crippen LogP contribution in [0.25, 0.3) is 0 Å². The number of hydrogen-bond donors (Lipinski definition) is 0. The third-order valence-electron chi connectivity index (χ3n) is 9.69. The van der Waals surface area contributed by atoms with Gasteiger partial charge in [0.25, 0.3) is 0 Å². The van der Waals surface area contributed by atoms with E-state index in [1.165, 1.54) is 64.2 Å². The van der Waals surface area contributed by atoms with Crippen molar-refractivity contribution in [1.29, 1.82) is 0 Å². The van der Waals surface area contributed by atoms with Crippen LogP contribution in [0.15, 0.2) is 0 Å². The predicted molar refractivity (Wildman–Crippen MR) is 128 cm³/mol. The molecule has 6 nitrogen and oxygen atoms in total. The van der Waals surface area contributed by atoms with Crippen LogP contribution < -0.4 is 0 Å². The van der Waals surface area contributed by atoms with Crippen LogP contribution in [-0.2, 0) is 28.8 Å². The van der Waals surface area contributed by atoms with Crippen LogP contribution in [0.5, 0.6) is 0 Å². The topological polar surface area (TPSA) is 63.2 Å². The van der Waals surface area contributed by atoms with Crippen molar-refractivity contribution >= 4 is 5.97 Å². The van der Waals surface area contributed by atoms with Crippen LogP contribution in [0.4, 0.5) is 0 Å². The minimum absolute atomic E-state index is 0.0350. The lowest BCUT2D eigenvalue weighted by molar-refractivity contribution is -0.339. The second-order valence-corrected chi connectivity index (χ2v) is 12.2. The lowest BCUT2D eigenvalue weighted by atomic mass is 9.69. The van der Waals surface area contributed by atoms with Gasteiger partial charge in [-0.3, -0.25) is 4.79 Å². The smallest absolute Gasteiger partial charge is 0.309 e. The Morgan fingerprint density at radius 2 is 1.24 bits per heavy atom. The van der Waals surface area contributed by atoms with Crippen molar-refractivity contribution in [3.63, 3.8) is 0 Å². The first-order chi connectivity index (χ1) is 16.6. The summed E-state index contributed by atoms with van der Waals surface area (Å²) < 4.78 is 17.8. The van der Waals surface area contributed by atoms with E-state index in [2.05, 4.69) is 13.8 Å². The first-order valence-electron chi connectivity index (χ1n) is 14.3. The Hall–Kier alpha value is -0.690. The van der Waals surface area contributed by atoms with E-state index >= 15 is 0 Å². The quantitative estimate of drug-likeness (QED) is 0.275. The molecule has 5 fully saturated rings. The molecule has 0 bridgehead atoms. The Labute approximate surface area is 205 Å². The Kier molecular flexibility index (Phi) is 8.50. The molecule has 34 heavy (non-hydrogen) atoms. The second kappa shape index (κ2) is 11.6. The van der Waals surface area contributed by atoms with Crippen LogP contribution in [-0.4, -0.2) is 50.2 Å². The van der Waals surface area contributed by atoms with Gasteiger partial charge in [0.1, 0.15) is 18.3 Å². The maximum atomic E-state index is 12.9. The molecule has 2 heterocycles. The summed E-state index contributed by atoms with van der Waals surface area (Å²) in [6.45, 7) is 6.16. The normalized spacial score (nSPS) is 45.1. The molecule has 0 aromatic carbocycles. The Bertz CT molecular complexity index is 645. The molecule has 0 amide bonds. The van der Waals surface area contributed by atoms with E-state index in [4.69, 9.17) is 24.0 Å². The summed E-state index contributed by atoms with van der Waals surface area (Å²) in [5.74, 6) is 3.99. The number of hydrogen-bond acceptors (Lipinski definition) is 6. The minimum Gasteiger partial charge on any atom is -0.457 e. The molecular formula is C28H46O6. The summed E-state index contributed by atoms with van der Waals surface area (Å²) in [6, 6.07) is 0. The first-order valence-corrected chi connectivity index (χ1v) is 14.3. The highest BCUT2D eigenvalue weighted by Gasteiger charge is 2.51. The van der Waals surface area contributed by atoms with E-state index in [-0.39, 0.29) is 36.3 Å². The zero-order valence-electron chi connectivity index (χ0n) is 21.3. The van der Waals surface area contributed by atoms with Crippen LogP contribution in [0.1, 0.15) is 90.9 Å². The molecule has 3 aliphatic carbocycles. The van der Waals surface area contributed by atoms with Gasteiger partial charge in [0.2, 0.25) is 0 Å². The maximum Gasteiger partial charge on any atom is 0.309 e. The van der Waals surface area contributed by atoms with Crippen molar-refractivity contribution in [3.8, 4) is 0 Å². The Morgan fingerprint density at radius 1 is 0.706 bits per heavy atom. The standard InChI is InChI=1S/C28H46O6/c1-18-3-7-20(8-4-18)15-32-34-25-17-31-26-24(16-30-27(25)26)33-28(29)23-13-11-22(12-14-23)21-9-5-19(2)6-10-21/h18-27H,3-17H2,1-2H3. The molecule has 4 unspecified atom stereocenters. The van der Waals surface area contributed by atoms with Crippen LogP contribution in [0, 0.1) is 35.5 Å². The van der Waals surface area contributed by atoms with Crippen molar-refractivity contribution in [2.24, 2.45) is 35.5 Å². The van der Waals surface area contributed by atoms with E-state index in [1.54, 1.807) is 0 Å². The highest BCUT2D eigenvalue weighted by Crippen LogP contribution is 2.42. The number of rotatable bonds is 7. The third-order valence-corrected chi connectivity index (χ3v) is 9.69. The molecular weight excluding hydrogens is 432 g/mol. The molecule has 4 atom stereocenters. The van der Waals surface area contributed by atoms with E-state index in [1.807, 2.05) is 0 Å².